The summed E-state index contributed by atoms with van der Waals surface area (Å²) in [5, 5.41) is 0. The lowest BCUT2D eigenvalue weighted by Crippen LogP contribution is -2.55. The van der Waals surface area contributed by atoms with Gasteiger partial charge in [0.2, 0.25) is 0 Å². The monoisotopic (exact) mass is 511 g/mol. The molecule has 1 aromatic carbocycles. The van der Waals surface area contributed by atoms with E-state index in [1.165, 1.54) is 46.3 Å². The molecule has 0 N–H and O–H groups in total. The van der Waals surface area contributed by atoms with Crippen molar-refractivity contribution in [2.24, 2.45) is 0 Å². The number of thioether (sulfide) groups is 1. The van der Waals surface area contributed by atoms with E-state index in [4.69, 9.17) is 23.7 Å². The molecule has 1 fully saturated rings. The van der Waals surface area contributed by atoms with Crippen molar-refractivity contribution < 1.29 is 46.8 Å². The van der Waals surface area contributed by atoms with E-state index in [0.717, 1.165) is 23.9 Å². The third-order valence-corrected chi connectivity index (χ3v) is 6.02. The van der Waals surface area contributed by atoms with E-state index in [1.54, 1.807) is 0 Å². The second-order valence-corrected chi connectivity index (χ2v) is 8.62. The van der Waals surface area contributed by atoms with Crippen LogP contribution in [0.2, 0.25) is 0 Å². The molecule has 12 heteroatoms. The van der Waals surface area contributed by atoms with Crippen molar-refractivity contribution in [2.45, 2.75) is 44.5 Å². The second kappa shape index (κ2) is 11.3. The molecule has 0 unspecified atom stereocenters. The van der Waals surface area contributed by atoms with Gasteiger partial charge in [-0.15, -0.1) is 11.8 Å². The number of halogens is 2. The van der Waals surface area contributed by atoms with Crippen molar-refractivity contribution >= 4 is 29.7 Å². The minimum absolute atomic E-state index is 0.0192. The van der Waals surface area contributed by atoms with Gasteiger partial charge in [-0.1, -0.05) is 0 Å². The van der Waals surface area contributed by atoms with E-state index < -0.39 is 53.3 Å². The molecule has 9 nitrogen and oxygen atoms in total. The molecule has 0 radical (unpaired) electrons. The lowest BCUT2D eigenvalue weighted by atomic mass is 10.1. The number of rotatable bonds is 7. The predicted molar refractivity (Wildman–Crippen MR) is 120 cm³/mol. The molecule has 0 bridgehead atoms. The lowest BCUT2D eigenvalue weighted by Gasteiger charge is -2.39. The maximum Gasteiger partial charge on any atom is 0.303 e. The smallest absolute Gasteiger partial charge is 0.303 e. The van der Waals surface area contributed by atoms with Crippen molar-refractivity contribution in [3.8, 4) is 22.6 Å². The topological polar surface area (TPSA) is 110 Å². The lowest BCUT2D eigenvalue weighted by molar-refractivity contribution is -0.186. The van der Waals surface area contributed by atoms with Crippen LogP contribution in [0.15, 0.2) is 30.6 Å². The Balaban J connectivity index is 1.91. The highest BCUT2D eigenvalue weighted by molar-refractivity contribution is 7.99. The van der Waals surface area contributed by atoms with E-state index in [-0.39, 0.29) is 28.4 Å². The zero-order valence-corrected chi connectivity index (χ0v) is 20.1. The maximum atomic E-state index is 14.6. The van der Waals surface area contributed by atoms with Crippen LogP contribution in [0.25, 0.3) is 11.1 Å². The maximum absolute atomic E-state index is 14.6. The fraction of sp³-hybridized carbons (Fsp3) is 0.391. The molecule has 0 spiro atoms. The van der Waals surface area contributed by atoms with Gasteiger partial charge in [0, 0.05) is 50.4 Å². The number of carbonyl (C=O) groups excluding carboxylic acids is 3. The van der Waals surface area contributed by atoms with Crippen LogP contribution < -0.4 is 9.47 Å². The Kier molecular flexibility index (Phi) is 8.49. The van der Waals surface area contributed by atoms with Crippen LogP contribution in [0.1, 0.15) is 20.8 Å². The number of hydrogen-bond donors (Lipinski definition) is 0. The third kappa shape index (κ3) is 6.59. The van der Waals surface area contributed by atoms with Crippen molar-refractivity contribution in [3.05, 3.63) is 42.2 Å². The van der Waals surface area contributed by atoms with Crippen molar-refractivity contribution in [3.63, 3.8) is 0 Å². The normalized spacial score (nSPS) is 21.5. The Morgan fingerprint density at radius 3 is 2.06 bits per heavy atom. The van der Waals surface area contributed by atoms with Gasteiger partial charge >= 0.3 is 17.9 Å². The standard InChI is InChI=1S/C23H23F2NO8S/c1-11(27)31-19-10-35-23(22(33-13(3)29)21(19)32-12(2)28)34-16-5-14(8-26-9-16)20-17(24)6-15(30-4)7-18(20)25/h5-9,19,21-23H,10H2,1-4H3/t19-,21+,22-,23+/m1/s1. The molecular formula is C23H23F2NO8S. The van der Waals surface area contributed by atoms with Gasteiger partial charge in [0.25, 0.3) is 0 Å². The summed E-state index contributed by atoms with van der Waals surface area (Å²) in [7, 11) is 1.29. The van der Waals surface area contributed by atoms with Crippen LogP contribution >= 0.6 is 11.8 Å². The van der Waals surface area contributed by atoms with Crippen molar-refractivity contribution in [1.29, 1.82) is 0 Å². The zero-order valence-electron chi connectivity index (χ0n) is 19.3. The summed E-state index contributed by atoms with van der Waals surface area (Å²) in [5.74, 6) is -3.38. The highest BCUT2D eigenvalue weighted by Crippen LogP contribution is 2.36. The summed E-state index contributed by atoms with van der Waals surface area (Å²) in [6.45, 7) is 3.53. The molecule has 1 saturated heterocycles. The number of nitrogens with zero attached hydrogens (tertiary/aromatic N) is 1. The molecule has 0 saturated carbocycles. The first-order valence-electron chi connectivity index (χ1n) is 10.4. The van der Waals surface area contributed by atoms with Gasteiger partial charge in [0.05, 0.1) is 18.9 Å². The molecule has 35 heavy (non-hydrogen) atoms. The van der Waals surface area contributed by atoms with Crippen LogP contribution in [0.4, 0.5) is 8.78 Å². The number of methoxy groups -OCH3 is 1. The third-order valence-electron chi connectivity index (χ3n) is 4.81. The quantitative estimate of drug-likeness (QED) is 0.406. The molecule has 0 amide bonds. The highest BCUT2D eigenvalue weighted by atomic mass is 32.2. The summed E-state index contributed by atoms with van der Waals surface area (Å²) < 4.78 is 55.9. The predicted octanol–water partition coefficient (Wildman–Crippen LogP) is 3.28. The first-order chi connectivity index (χ1) is 16.6. The fourth-order valence-electron chi connectivity index (χ4n) is 3.51. The summed E-state index contributed by atoms with van der Waals surface area (Å²) >= 11 is 1.14. The first-order valence-corrected chi connectivity index (χ1v) is 11.4. The number of hydrogen-bond acceptors (Lipinski definition) is 10. The SMILES string of the molecule is COc1cc(F)c(-c2cncc(O[C@H]3SC[C@@H](OC(C)=O)[C@H](OC(C)=O)[C@H]3OC(C)=O)c2)c(F)c1. The first kappa shape index (κ1) is 26.2. The molecule has 2 aromatic rings. The molecular weight excluding hydrogens is 488 g/mol. The second-order valence-electron chi connectivity index (χ2n) is 7.49. The minimum atomic E-state index is -1.15. The number of carbonyl (C=O) groups is 3. The Hall–Kier alpha value is -3.41. The number of benzene rings is 1. The van der Waals surface area contributed by atoms with E-state index >= 15 is 0 Å². The number of aromatic nitrogens is 1. The molecule has 1 aliphatic rings. The average Bonchev–Trinajstić information content (AvgIpc) is 2.76. The minimum Gasteiger partial charge on any atom is -0.497 e. The molecule has 3 rings (SSSR count). The van der Waals surface area contributed by atoms with Crippen molar-refractivity contribution in [2.75, 3.05) is 12.9 Å². The van der Waals surface area contributed by atoms with Crippen LogP contribution in [0.3, 0.4) is 0 Å². The molecule has 1 aromatic heterocycles. The summed E-state index contributed by atoms with van der Waals surface area (Å²) in [6.07, 6.45) is -0.612. The van der Waals surface area contributed by atoms with E-state index in [1.807, 2.05) is 0 Å². The van der Waals surface area contributed by atoms with Gasteiger partial charge < -0.3 is 23.7 Å². The Morgan fingerprint density at radius 2 is 1.49 bits per heavy atom. The molecule has 4 atom stereocenters. The van der Waals surface area contributed by atoms with Crippen LogP contribution in [0, 0.1) is 11.6 Å². The molecule has 1 aliphatic heterocycles. The fourth-order valence-corrected chi connectivity index (χ4v) is 4.72. The highest BCUT2D eigenvalue weighted by Gasteiger charge is 2.47. The van der Waals surface area contributed by atoms with Gasteiger partial charge in [-0.3, -0.25) is 19.4 Å². The van der Waals surface area contributed by atoms with Crippen LogP contribution in [0.5, 0.6) is 11.5 Å². The molecule has 2 heterocycles. The Morgan fingerprint density at radius 1 is 0.886 bits per heavy atom. The van der Waals surface area contributed by atoms with Gasteiger partial charge in [0.1, 0.15) is 23.1 Å². The molecule has 0 aliphatic carbocycles. The Labute approximate surface area is 204 Å². The number of pyridine rings is 1. The van der Waals surface area contributed by atoms with Gasteiger partial charge in [-0.25, -0.2) is 8.78 Å². The van der Waals surface area contributed by atoms with E-state index in [0.29, 0.717) is 0 Å². The van der Waals surface area contributed by atoms with Gasteiger partial charge in [-0.05, 0) is 6.07 Å². The van der Waals surface area contributed by atoms with Gasteiger partial charge in [-0.2, -0.15) is 0 Å². The van der Waals surface area contributed by atoms with Crippen molar-refractivity contribution in [1.82, 2.24) is 4.98 Å². The summed E-state index contributed by atoms with van der Waals surface area (Å²) in [5.41, 5.74) is -1.15. The summed E-state index contributed by atoms with van der Waals surface area (Å²) in [4.78, 5) is 39.0. The van der Waals surface area contributed by atoms with Crippen LogP contribution in [-0.2, 0) is 28.6 Å². The largest absolute Gasteiger partial charge is 0.497 e. The summed E-state index contributed by atoms with van der Waals surface area (Å²) in [6, 6.07) is 3.45. The van der Waals surface area contributed by atoms with E-state index in [9.17, 15) is 23.2 Å². The Bertz CT molecular complexity index is 1090. The average molecular weight is 511 g/mol. The van der Waals surface area contributed by atoms with Crippen LogP contribution in [-0.4, -0.2) is 59.5 Å². The van der Waals surface area contributed by atoms with E-state index in [2.05, 4.69) is 4.98 Å². The molecule has 188 valence electrons. The van der Waals surface area contributed by atoms with Gasteiger partial charge in [0.15, 0.2) is 23.7 Å². The zero-order chi connectivity index (χ0) is 25.7. The number of esters is 3. The number of ether oxygens (including phenoxy) is 5.